The first-order valence-electron chi connectivity index (χ1n) is 7.31. The fourth-order valence-corrected chi connectivity index (χ4v) is 2.31. The molecule has 0 aliphatic carbocycles. The molecule has 1 unspecified atom stereocenters. The molecule has 1 amide bonds. The lowest BCUT2D eigenvalue weighted by molar-refractivity contribution is -0.134. The number of hydrogen-bond donors (Lipinski definition) is 1. The molecule has 3 nitrogen and oxygen atoms in total. The molecule has 1 aliphatic rings. The van der Waals surface area contributed by atoms with Gasteiger partial charge in [-0.2, -0.15) is 0 Å². The molecule has 0 radical (unpaired) electrons. The monoisotopic (exact) mass is 240 g/mol. The van der Waals surface area contributed by atoms with Gasteiger partial charge >= 0.3 is 0 Å². The predicted molar refractivity (Wildman–Crippen MR) is 72.0 cm³/mol. The molecule has 3 heteroatoms. The molecule has 0 aromatic heterocycles. The maximum absolute atomic E-state index is 12.4. The van der Waals surface area contributed by atoms with Gasteiger partial charge in [-0.05, 0) is 32.2 Å². The molecule has 1 heterocycles. The second kappa shape index (κ2) is 8.51. The second-order valence-corrected chi connectivity index (χ2v) is 5.03. The van der Waals surface area contributed by atoms with E-state index < -0.39 is 0 Å². The number of hydrogen-bond acceptors (Lipinski definition) is 2. The summed E-state index contributed by atoms with van der Waals surface area (Å²) in [4.78, 5) is 14.5. The highest BCUT2D eigenvalue weighted by molar-refractivity contribution is 5.82. The van der Waals surface area contributed by atoms with Crippen LogP contribution in [0.4, 0.5) is 0 Å². The van der Waals surface area contributed by atoms with Crippen LogP contribution in [0, 0.1) is 0 Å². The Morgan fingerprint density at radius 2 is 1.82 bits per heavy atom. The Kier molecular flexibility index (Phi) is 7.25. The largest absolute Gasteiger partial charge is 0.341 e. The molecule has 1 fully saturated rings. The SMILES string of the molecule is CCCCN(CCCC)C(=O)C1CCCCN1. The molecule has 0 saturated carbocycles. The average Bonchev–Trinajstić information content (AvgIpc) is 2.39. The van der Waals surface area contributed by atoms with E-state index in [0.29, 0.717) is 5.91 Å². The smallest absolute Gasteiger partial charge is 0.239 e. The summed E-state index contributed by atoms with van der Waals surface area (Å²) in [5, 5.41) is 3.36. The zero-order valence-electron chi connectivity index (χ0n) is 11.5. The summed E-state index contributed by atoms with van der Waals surface area (Å²) in [6.07, 6.45) is 8.01. The lowest BCUT2D eigenvalue weighted by Crippen LogP contribution is -2.49. The van der Waals surface area contributed by atoms with Gasteiger partial charge in [0, 0.05) is 13.1 Å². The Morgan fingerprint density at radius 1 is 1.18 bits per heavy atom. The van der Waals surface area contributed by atoms with Gasteiger partial charge < -0.3 is 10.2 Å². The summed E-state index contributed by atoms with van der Waals surface area (Å²) >= 11 is 0. The third-order valence-electron chi connectivity index (χ3n) is 3.48. The van der Waals surface area contributed by atoms with Crippen LogP contribution in [-0.4, -0.2) is 36.5 Å². The topological polar surface area (TPSA) is 32.3 Å². The summed E-state index contributed by atoms with van der Waals surface area (Å²) in [5.74, 6) is 0.339. The molecule has 1 aliphatic heterocycles. The third kappa shape index (κ3) is 5.07. The van der Waals surface area contributed by atoms with E-state index in [1.165, 1.54) is 12.8 Å². The van der Waals surface area contributed by atoms with Crippen molar-refractivity contribution in [3.8, 4) is 0 Å². The number of carbonyl (C=O) groups excluding carboxylic acids is 1. The van der Waals surface area contributed by atoms with E-state index in [2.05, 4.69) is 24.1 Å². The van der Waals surface area contributed by atoms with Gasteiger partial charge in [-0.1, -0.05) is 33.1 Å². The zero-order chi connectivity index (χ0) is 12.5. The second-order valence-electron chi connectivity index (χ2n) is 5.03. The van der Waals surface area contributed by atoms with Crippen molar-refractivity contribution >= 4 is 5.91 Å². The number of nitrogens with zero attached hydrogens (tertiary/aromatic N) is 1. The van der Waals surface area contributed by atoms with Crippen molar-refractivity contribution in [3.05, 3.63) is 0 Å². The molecule has 0 spiro atoms. The van der Waals surface area contributed by atoms with Crippen LogP contribution in [-0.2, 0) is 4.79 Å². The highest BCUT2D eigenvalue weighted by Crippen LogP contribution is 2.11. The van der Waals surface area contributed by atoms with Gasteiger partial charge in [0.25, 0.3) is 0 Å². The maximum Gasteiger partial charge on any atom is 0.239 e. The standard InChI is InChI=1S/C14H28N2O/c1-3-5-11-16(12-6-4-2)14(17)13-9-7-8-10-15-13/h13,15H,3-12H2,1-2H3. The Balaban J connectivity index is 2.44. The minimum atomic E-state index is 0.0949. The molecule has 0 aromatic carbocycles. The van der Waals surface area contributed by atoms with Gasteiger partial charge in [-0.3, -0.25) is 4.79 Å². The molecule has 1 saturated heterocycles. The maximum atomic E-state index is 12.4. The number of nitrogens with one attached hydrogen (secondary N) is 1. The van der Waals surface area contributed by atoms with Gasteiger partial charge in [-0.25, -0.2) is 0 Å². The summed E-state index contributed by atoms with van der Waals surface area (Å²) in [7, 11) is 0. The van der Waals surface area contributed by atoms with Crippen molar-refractivity contribution in [3.63, 3.8) is 0 Å². The first kappa shape index (κ1) is 14.5. The summed E-state index contributed by atoms with van der Waals surface area (Å²) in [5.41, 5.74) is 0. The van der Waals surface area contributed by atoms with Gasteiger partial charge in [0.2, 0.25) is 5.91 Å². The van der Waals surface area contributed by atoms with E-state index >= 15 is 0 Å². The normalized spacial score (nSPS) is 20.2. The van der Waals surface area contributed by atoms with Crippen LogP contribution in [0.15, 0.2) is 0 Å². The van der Waals surface area contributed by atoms with Gasteiger partial charge in [-0.15, -0.1) is 0 Å². The van der Waals surface area contributed by atoms with Crippen LogP contribution in [0.2, 0.25) is 0 Å². The highest BCUT2D eigenvalue weighted by Gasteiger charge is 2.24. The molecule has 1 atom stereocenters. The van der Waals surface area contributed by atoms with Crippen LogP contribution >= 0.6 is 0 Å². The van der Waals surface area contributed by atoms with Crippen molar-refractivity contribution in [2.24, 2.45) is 0 Å². The van der Waals surface area contributed by atoms with E-state index in [1.54, 1.807) is 0 Å². The summed E-state index contributed by atoms with van der Waals surface area (Å²) in [6, 6.07) is 0.0949. The van der Waals surface area contributed by atoms with E-state index in [-0.39, 0.29) is 6.04 Å². The Morgan fingerprint density at radius 3 is 2.29 bits per heavy atom. The average molecular weight is 240 g/mol. The number of piperidine rings is 1. The molecule has 1 rings (SSSR count). The number of rotatable bonds is 7. The predicted octanol–water partition coefficient (Wildman–Crippen LogP) is 2.56. The summed E-state index contributed by atoms with van der Waals surface area (Å²) in [6.45, 7) is 7.25. The quantitative estimate of drug-likeness (QED) is 0.742. The van der Waals surface area contributed by atoms with E-state index in [4.69, 9.17) is 0 Å². The van der Waals surface area contributed by atoms with E-state index in [9.17, 15) is 4.79 Å². The van der Waals surface area contributed by atoms with Crippen molar-refractivity contribution in [1.82, 2.24) is 10.2 Å². The van der Waals surface area contributed by atoms with Crippen LogP contribution in [0.25, 0.3) is 0 Å². The number of unbranched alkanes of at least 4 members (excludes halogenated alkanes) is 2. The molecule has 0 bridgehead atoms. The number of amides is 1. The lowest BCUT2D eigenvalue weighted by atomic mass is 10.0. The Bertz CT molecular complexity index is 204. The van der Waals surface area contributed by atoms with Crippen LogP contribution in [0.5, 0.6) is 0 Å². The molecule has 100 valence electrons. The summed E-state index contributed by atoms with van der Waals surface area (Å²) < 4.78 is 0. The number of carbonyl (C=O) groups is 1. The van der Waals surface area contributed by atoms with Crippen molar-refractivity contribution in [2.45, 2.75) is 64.8 Å². The first-order chi connectivity index (χ1) is 8.29. The van der Waals surface area contributed by atoms with Crippen molar-refractivity contribution in [1.29, 1.82) is 0 Å². The van der Waals surface area contributed by atoms with Crippen LogP contribution in [0.1, 0.15) is 58.8 Å². The minimum absolute atomic E-state index is 0.0949. The van der Waals surface area contributed by atoms with Crippen LogP contribution < -0.4 is 5.32 Å². The molecule has 1 N–H and O–H groups in total. The fraction of sp³-hybridized carbons (Fsp3) is 0.929. The fourth-order valence-electron chi connectivity index (χ4n) is 2.31. The third-order valence-corrected chi connectivity index (χ3v) is 3.48. The Hall–Kier alpha value is -0.570. The van der Waals surface area contributed by atoms with E-state index in [0.717, 1.165) is 51.7 Å². The minimum Gasteiger partial charge on any atom is -0.341 e. The van der Waals surface area contributed by atoms with Gasteiger partial charge in [0.1, 0.15) is 0 Å². The highest BCUT2D eigenvalue weighted by atomic mass is 16.2. The van der Waals surface area contributed by atoms with Crippen molar-refractivity contribution in [2.75, 3.05) is 19.6 Å². The lowest BCUT2D eigenvalue weighted by Gasteiger charge is -2.30. The first-order valence-corrected chi connectivity index (χ1v) is 7.31. The molecular weight excluding hydrogens is 212 g/mol. The zero-order valence-corrected chi connectivity index (χ0v) is 11.5. The van der Waals surface area contributed by atoms with E-state index in [1.807, 2.05) is 0 Å². The molecule has 0 aromatic rings. The Labute approximate surface area is 106 Å². The van der Waals surface area contributed by atoms with Crippen LogP contribution in [0.3, 0.4) is 0 Å². The molecule has 17 heavy (non-hydrogen) atoms. The van der Waals surface area contributed by atoms with Gasteiger partial charge in [0.15, 0.2) is 0 Å². The molecular formula is C14H28N2O. The van der Waals surface area contributed by atoms with Crippen molar-refractivity contribution < 1.29 is 4.79 Å². The van der Waals surface area contributed by atoms with Gasteiger partial charge in [0.05, 0.1) is 6.04 Å².